The van der Waals surface area contributed by atoms with Crippen LogP contribution in [-0.4, -0.2) is 51.4 Å². The van der Waals surface area contributed by atoms with Crippen LogP contribution in [0.4, 0.5) is 4.39 Å². The van der Waals surface area contributed by atoms with Crippen molar-refractivity contribution in [2.75, 3.05) is 20.3 Å². The Labute approximate surface area is 231 Å². The number of pyridine rings is 1. The highest BCUT2D eigenvalue weighted by atomic mass is 32.1. The number of ketones is 1. The maximum Gasteiger partial charge on any atom is 0.219 e. The molecule has 8 nitrogen and oxygen atoms in total. The van der Waals surface area contributed by atoms with Crippen LogP contribution in [0.2, 0.25) is 0 Å². The summed E-state index contributed by atoms with van der Waals surface area (Å²) in [5.41, 5.74) is 2.21. The second-order valence-electron chi connectivity index (χ2n) is 9.88. The van der Waals surface area contributed by atoms with Gasteiger partial charge in [0.25, 0.3) is 0 Å². The SMILES string of the molecule is COCCN(Cc1cnc(-c2cc3nccc(Oc4ccc(CC(=O)CC(C)C)cc4F)c3s2)n1C)C(C)=O. The number of hydrogen-bond acceptors (Lipinski definition) is 7. The molecule has 0 aliphatic carbocycles. The molecule has 0 fully saturated rings. The van der Waals surface area contributed by atoms with Crippen LogP contribution < -0.4 is 4.74 Å². The van der Waals surface area contributed by atoms with Gasteiger partial charge < -0.3 is 18.9 Å². The smallest absolute Gasteiger partial charge is 0.219 e. The summed E-state index contributed by atoms with van der Waals surface area (Å²) in [7, 11) is 3.51. The molecule has 0 saturated carbocycles. The number of thiophene rings is 1. The Morgan fingerprint density at radius 3 is 2.64 bits per heavy atom. The third-order valence-corrected chi connectivity index (χ3v) is 7.43. The summed E-state index contributed by atoms with van der Waals surface area (Å²) in [6, 6.07) is 8.27. The van der Waals surface area contributed by atoms with Crippen molar-refractivity contribution in [2.45, 2.75) is 40.2 Å². The summed E-state index contributed by atoms with van der Waals surface area (Å²) in [5.74, 6) is 1.09. The first kappa shape index (κ1) is 28.4. The molecule has 1 amide bonds. The maximum absolute atomic E-state index is 14.9. The third-order valence-electron chi connectivity index (χ3n) is 6.30. The Morgan fingerprint density at radius 1 is 1.15 bits per heavy atom. The third kappa shape index (κ3) is 6.88. The summed E-state index contributed by atoms with van der Waals surface area (Å²) in [5, 5.41) is 0. The van der Waals surface area contributed by atoms with Crippen LogP contribution in [-0.2, 0) is 34.3 Å². The molecule has 0 saturated heterocycles. The van der Waals surface area contributed by atoms with Crippen LogP contribution in [0.3, 0.4) is 0 Å². The normalized spacial score (nSPS) is 11.4. The zero-order valence-electron chi connectivity index (χ0n) is 22.9. The number of carbonyl (C=O) groups is 2. The molecule has 0 radical (unpaired) electrons. The highest BCUT2D eigenvalue weighted by Crippen LogP contribution is 2.39. The number of Topliss-reactive ketones (excluding diaryl/α,β-unsaturated/α-hetero) is 1. The number of imidazole rings is 1. The Kier molecular flexibility index (Phi) is 9.08. The average Bonchev–Trinajstić information content (AvgIpc) is 3.46. The topological polar surface area (TPSA) is 86.6 Å². The number of carbonyl (C=O) groups excluding carboxylic acids is 2. The maximum atomic E-state index is 14.9. The molecule has 3 aromatic heterocycles. The van der Waals surface area contributed by atoms with Gasteiger partial charge in [-0.25, -0.2) is 9.37 Å². The molecule has 39 heavy (non-hydrogen) atoms. The van der Waals surface area contributed by atoms with Crippen LogP contribution in [0.1, 0.15) is 38.4 Å². The van der Waals surface area contributed by atoms with E-state index in [0.717, 1.165) is 21.1 Å². The monoisotopic (exact) mass is 552 g/mol. The summed E-state index contributed by atoms with van der Waals surface area (Å²) >= 11 is 1.45. The minimum Gasteiger partial charge on any atom is -0.453 e. The fourth-order valence-electron chi connectivity index (χ4n) is 4.28. The molecular formula is C29H33FN4O4S. The second-order valence-corrected chi connectivity index (χ2v) is 10.9. The zero-order valence-corrected chi connectivity index (χ0v) is 23.7. The number of nitrogens with zero attached hydrogens (tertiary/aromatic N) is 4. The first-order chi connectivity index (χ1) is 18.7. The zero-order chi connectivity index (χ0) is 28.1. The van der Waals surface area contributed by atoms with Crippen LogP contribution in [0.15, 0.2) is 42.7 Å². The molecule has 1 aromatic carbocycles. The first-order valence-electron chi connectivity index (χ1n) is 12.8. The van der Waals surface area contributed by atoms with Gasteiger partial charge in [0.1, 0.15) is 17.4 Å². The molecule has 206 valence electrons. The molecule has 4 rings (SSSR count). The van der Waals surface area contributed by atoms with Crippen LogP contribution in [0.25, 0.3) is 20.9 Å². The van der Waals surface area contributed by atoms with E-state index in [9.17, 15) is 14.0 Å². The number of aromatic nitrogens is 3. The summed E-state index contributed by atoms with van der Waals surface area (Å²) in [6.07, 6.45) is 4.05. The van der Waals surface area contributed by atoms with Crippen molar-refractivity contribution in [3.63, 3.8) is 0 Å². The minimum atomic E-state index is -0.524. The van der Waals surface area contributed by atoms with Gasteiger partial charge in [0.2, 0.25) is 5.91 Å². The van der Waals surface area contributed by atoms with Gasteiger partial charge >= 0.3 is 0 Å². The van der Waals surface area contributed by atoms with Crippen molar-refractivity contribution in [2.24, 2.45) is 13.0 Å². The van der Waals surface area contributed by atoms with Gasteiger partial charge in [-0.2, -0.15) is 0 Å². The summed E-state index contributed by atoms with van der Waals surface area (Å²) in [6.45, 7) is 6.87. The van der Waals surface area contributed by atoms with E-state index in [4.69, 9.17) is 9.47 Å². The minimum absolute atomic E-state index is 0.0370. The molecule has 3 heterocycles. The van der Waals surface area contributed by atoms with E-state index in [2.05, 4.69) is 9.97 Å². The lowest BCUT2D eigenvalue weighted by Crippen LogP contribution is -2.32. The largest absolute Gasteiger partial charge is 0.453 e. The predicted octanol–water partition coefficient (Wildman–Crippen LogP) is 5.78. The second kappa shape index (κ2) is 12.5. The summed E-state index contributed by atoms with van der Waals surface area (Å²) in [4.78, 5) is 35.8. The van der Waals surface area contributed by atoms with E-state index in [1.165, 1.54) is 24.3 Å². The van der Waals surface area contributed by atoms with Gasteiger partial charge in [0, 0.05) is 52.7 Å². The molecule has 10 heteroatoms. The Hall–Kier alpha value is -3.63. The molecule has 0 unspecified atom stereocenters. The molecule has 0 bridgehead atoms. The van der Waals surface area contributed by atoms with Crippen molar-refractivity contribution in [3.8, 4) is 22.2 Å². The number of halogens is 1. The van der Waals surface area contributed by atoms with Crippen LogP contribution >= 0.6 is 11.3 Å². The van der Waals surface area contributed by atoms with E-state index in [-0.39, 0.29) is 29.8 Å². The Bertz CT molecular complexity index is 1480. The average molecular weight is 553 g/mol. The number of ether oxygens (including phenoxy) is 2. The summed E-state index contributed by atoms with van der Waals surface area (Å²) < 4.78 is 28.7. The highest BCUT2D eigenvalue weighted by Gasteiger charge is 2.18. The predicted molar refractivity (Wildman–Crippen MR) is 149 cm³/mol. The van der Waals surface area contributed by atoms with E-state index >= 15 is 0 Å². The van der Waals surface area contributed by atoms with Gasteiger partial charge in [-0.1, -0.05) is 19.9 Å². The molecule has 0 spiro atoms. The lowest BCUT2D eigenvalue weighted by atomic mass is 10.0. The van der Waals surface area contributed by atoms with Gasteiger partial charge in [-0.15, -0.1) is 11.3 Å². The lowest BCUT2D eigenvalue weighted by Gasteiger charge is -2.20. The van der Waals surface area contributed by atoms with Gasteiger partial charge in [-0.3, -0.25) is 14.6 Å². The van der Waals surface area contributed by atoms with E-state index in [1.807, 2.05) is 31.5 Å². The number of benzene rings is 1. The highest BCUT2D eigenvalue weighted by molar-refractivity contribution is 7.22. The molecular weight excluding hydrogens is 519 g/mol. The molecule has 0 atom stereocenters. The number of methoxy groups -OCH3 is 1. The van der Waals surface area contributed by atoms with E-state index in [0.29, 0.717) is 42.9 Å². The standard InChI is InChI=1S/C29H33FN4O4S/c1-18(2)12-22(36)13-20-6-7-25(23(30)14-20)38-26-8-9-31-24-15-27(39-28(24)26)29-32-16-21(33(29)4)17-34(19(3)35)10-11-37-5/h6-9,14-16,18H,10-13,17H2,1-5H3. The lowest BCUT2D eigenvalue weighted by molar-refractivity contribution is -0.130. The number of fused-ring (bicyclic) bond motifs is 1. The number of hydrogen-bond donors (Lipinski definition) is 0. The first-order valence-corrected chi connectivity index (χ1v) is 13.6. The van der Waals surface area contributed by atoms with E-state index < -0.39 is 5.82 Å². The van der Waals surface area contributed by atoms with Crippen LogP contribution in [0, 0.1) is 11.7 Å². The Balaban J connectivity index is 1.55. The molecule has 0 aliphatic rings. The van der Waals surface area contributed by atoms with Crippen molar-refractivity contribution < 1.29 is 23.5 Å². The van der Waals surface area contributed by atoms with Crippen molar-refractivity contribution in [1.82, 2.24) is 19.4 Å². The van der Waals surface area contributed by atoms with Crippen molar-refractivity contribution in [3.05, 3.63) is 59.8 Å². The Morgan fingerprint density at radius 2 is 1.95 bits per heavy atom. The molecule has 0 aliphatic heterocycles. The van der Waals surface area contributed by atoms with Gasteiger partial charge in [-0.05, 0) is 29.7 Å². The van der Waals surface area contributed by atoms with Gasteiger partial charge in [0.15, 0.2) is 11.6 Å². The van der Waals surface area contributed by atoms with Crippen molar-refractivity contribution in [1.29, 1.82) is 0 Å². The van der Waals surface area contributed by atoms with Gasteiger partial charge in [0.05, 0.1) is 40.1 Å². The molecule has 4 aromatic rings. The number of amides is 1. The molecule has 0 N–H and O–H groups in total. The fourth-order valence-corrected chi connectivity index (χ4v) is 5.38. The van der Waals surface area contributed by atoms with Crippen LogP contribution in [0.5, 0.6) is 11.5 Å². The van der Waals surface area contributed by atoms with Crippen molar-refractivity contribution >= 4 is 33.2 Å². The fraction of sp³-hybridized carbons (Fsp3) is 0.379. The quantitative estimate of drug-likeness (QED) is 0.221. The van der Waals surface area contributed by atoms with E-state index in [1.54, 1.807) is 42.6 Å². The number of rotatable bonds is 12.